The van der Waals surface area contributed by atoms with E-state index < -0.39 is 29.1 Å². The van der Waals surface area contributed by atoms with Crippen LogP contribution in [0.5, 0.6) is 0 Å². The number of esters is 1. The molecule has 2 rings (SSSR count). The van der Waals surface area contributed by atoms with E-state index in [2.05, 4.69) is 0 Å². The Kier molecular flexibility index (Phi) is 4.82. The Labute approximate surface area is 118 Å². The number of hydrogen-bond acceptors (Lipinski definition) is 3. The quantitative estimate of drug-likeness (QED) is 0.634. The lowest BCUT2D eigenvalue weighted by Gasteiger charge is -2.21. The average molecular weight is 306 g/mol. The normalized spacial score (nSPS) is 16.8. The van der Waals surface area contributed by atoms with Crippen LogP contribution in [-0.4, -0.2) is 25.8 Å². The molecule has 7 heteroatoms. The highest BCUT2D eigenvalue weighted by Gasteiger charge is 2.36. The first kappa shape index (κ1) is 15.8. The van der Waals surface area contributed by atoms with Crippen molar-refractivity contribution < 1.29 is 31.8 Å². The maximum Gasteiger partial charge on any atom is 0.419 e. The molecule has 1 aliphatic heterocycles. The number of ether oxygens (including phenoxy) is 2. The molecular weight excluding hydrogens is 292 g/mol. The first-order valence-corrected chi connectivity index (χ1v) is 6.50. The maximum atomic E-state index is 13.7. The Morgan fingerprint density at radius 1 is 1.29 bits per heavy atom. The summed E-state index contributed by atoms with van der Waals surface area (Å²) in [7, 11) is 0. The second-order valence-electron chi connectivity index (χ2n) is 4.82. The van der Waals surface area contributed by atoms with Gasteiger partial charge in [0.2, 0.25) is 0 Å². The van der Waals surface area contributed by atoms with Crippen LogP contribution in [-0.2, 0) is 15.7 Å². The van der Waals surface area contributed by atoms with Crippen LogP contribution >= 0.6 is 0 Å². The van der Waals surface area contributed by atoms with Gasteiger partial charge in [-0.25, -0.2) is 9.18 Å². The second-order valence-corrected chi connectivity index (χ2v) is 4.82. The Morgan fingerprint density at radius 3 is 2.57 bits per heavy atom. The van der Waals surface area contributed by atoms with Gasteiger partial charge in [-0.3, -0.25) is 0 Å². The van der Waals surface area contributed by atoms with Crippen molar-refractivity contribution in [3.05, 3.63) is 35.1 Å². The highest BCUT2D eigenvalue weighted by Crippen LogP contribution is 2.32. The van der Waals surface area contributed by atoms with Crippen molar-refractivity contribution in [2.45, 2.75) is 19.0 Å². The fraction of sp³-hybridized carbons (Fsp3) is 0.500. The molecule has 0 N–H and O–H groups in total. The minimum Gasteiger partial charge on any atom is -0.462 e. The number of halogens is 4. The van der Waals surface area contributed by atoms with Gasteiger partial charge in [-0.05, 0) is 30.9 Å². The third-order valence-corrected chi connectivity index (χ3v) is 3.32. The summed E-state index contributed by atoms with van der Waals surface area (Å²) in [5.74, 6) is -2.58. The lowest BCUT2D eigenvalue weighted by Crippen LogP contribution is -2.22. The lowest BCUT2D eigenvalue weighted by atomic mass is 10.0. The van der Waals surface area contributed by atoms with Crippen LogP contribution in [0.1, 0.15) is 28.8 Å². The molecule has 0 saturated carbocycles. The molecule has 0 radical (unpaired) electrons. The molecule has 0 unspecified atom stereocenters. The number of alkyl halides is 3. The molecule has 0 bridgehead atoms. The van der Waals surface area contributed by atoms with Crippen LogP contribution in [0.4, 0.5) is 17.6 Å². The summed E-state index contributed by atoms with van der Waals surface area (Å²) in [6.07, 6.45) is -3.43. The molecule has 1 aliphatic rings. The highest BCUT2D eigenvalue weighted by molar-refractivity contribution is 5.90. The molecule has 1 heterocycles. The first-order valence-electron chi connectivity index (χ1n) is 6.50. The van der Waals surface area contributed by atoms with Gasteiger partial charge in [-0.2, -0.15) is 13.2 Å². The summed E-state index contributed by atoms with van der Waals surface area (Å²) in [6.45, 7) is 1.16. The smallest absolute Gasteiger partial charge is 0.419 e. The molecule has 0 aliphatic carbocycles. The summed E-state index contributed by atoms with van der Waals surface area (Å²) >= 11 is 0. The van der Waals surface area contributed by atoms with E-state index in [1.807, 2.05) is 0 Å². The fourth-order valence-electron chi connectivity index (χ4n) is 2.09. The predicted octanol–water partition coefficient (Wildman–Crippen LogP) is 3.43. The summed E-state index contributed by atoms with van der Waals surface area (Å²) in [5.41, 5.74) is -2.17. The molecule has 3 nitrogen and oxygen atoms in total. The van der Waals surface area contributed by atoms with E-state index in [1.165, 1.54) is 0 Å². The molecule has 1 saturated heterocycles. The van der Waals surface area contributed by atoms with Gasteiger partial charge in [0.1, 0.15) is 5.82 Å². The molecule has 116 valence electrons. The van der Waals surface area contributed by atoms with Gasteiger partial charge >= 0.3 is 12.1 Å². The highest BCUT2D eigenvalue weighted by atomic mass is 19.4. The monoisotopic (exact) mass is 306 g/mol. The van der Waals surface area contributed by atoms with Crippen molar-refractivity contribution >= 4 is 5.97 Å². The predicted molar refractivity (Wildman–Crippen MR) is 65.2 cm³/mol. The summed E-state index contributed by atoms with van der Waals surface area (Å²) in [4.78, 5) is 11.7. The van der Waals surface area contributed by atoms with Gasteiger partial charge in [0.05, 0.1) is 17.7 Å². The van der Waals surface area contributed by atoms with Crippen LogP contribution in [0.15, 0.2) is 18.2 Å². The summed E-state index contributed by atoms with van der Waals surface area (Å²) in [6, 6.07) is 2.55. The van der Waals surface area contributed by atoms with Gasteiger partial charge in [0.15, 0.2) is 0 Å². The van der Waals surface area contributed by atoms with Crippen LogP contribution in [0.3, 0.4) is 0 Å². The maximum absolute atomic E-state index is 13.7. The average Bonchev–Trinajstić information content (AvgIpc) is 2.45. The van der Waals surface area contributed by atoms with Crippen LogP contribution < -0.4 is 0 Å². The number of carbonyl (C=O) groups excluding carboxylic acids is 1. The zero-order valence-electron chi connectivity index (χ0n) is 11.1. The third-order valence-electron chi connectivity index (χ3n) is 3.32. The molecular formula is C14H14F4O3. The van der Waals surface area contributed by atoms with E-state index in [9.17, 15) is 22.4 Å². The zero-order valence-corrected chi connectivity index (χ0v) is 11.1. The standard InChI is InChI=1S/C14H14F4O3/c15-12-10(2-1-3-11(12)14(16,17)18)13(19)21-8-9-4-6-20-7-5-9/h1-3,9H,4-8H2. The molecule has 1 aromatic carbocycles. The van der Waals surface area contributed by atoms with Gasteiger partial charge in [-0.15, -0.1) is 0 Å². The van der Waals surface area contributed by atoms with E-state index in [-0.39, 0.29) is 12.5 Å². The van der Waals surface area contributed by atoms with Gasteiger partial charge in [-0.1, -0.05) is 6.07 Å². The summed E-state index contributed by atoms with van der Waals surface area (Å²) in [5, 5.41) is 0. The van der Waals surface area contributed by atoms with Crippen molar-refractivity contribution in [3.63, 3.8) is 0 Å². The fourth-order valence-corrected chi connectivity index (χ4v) is 2.09. The van der Waals surface area contributed by atoms with Crippen molar-refractivity contribution in [1.29, 1.82) is 0 Å². The van der Waals surface area contributed by atoms with Gasteiger partial charge in [0, 0.05) is 13.2 Å². The Bertz CT molecular complexity index is 507. The largest absolute Gasteiger partial charge is 0.462 e. The molecule has 0 atom stereocenters. The van der Waals surface area contributed by atoms with Crippen molar-refractivity contribution in [3.8, 4) is 0 Å². The van der Waals surface area contributed by atoms with Crippen LogP contribution in [0, 0.1) is 11.7 Å². The number of benzene rings is 1. The van der Waals surface area contributed by atoms with Gasteiger partial charge in [0.25, 0.3) is 0 Å². The molecule has 1 aromatic rings. The Balaban J connectivity index is 2.05. The van der Waals surface area contributed by atoms with Gasteiger partial charge < -0.3 is 9.47 Å². The minimum absolute atomic E-state index is 0.0535. The number of rotatable bonds is 3. The number of hydrogen-bond donors (Lipinski definition) is 0. The molecule has 0 spiro atoms. The topological polar surface area (TPSA) is 35.5 Å². The molecule has 0 amide bonds. The van der Waals surface area contributed by atoms with Crippen LogP contribution in [0.25, 0.3) is 0 Å². The third kappa shape index (κ3) is 3.93. The van der Waals surface area contributed by atoms with E-state index in [1.54, 1.807) is 0 Å². The van der Waals surface area contributed by atoms with E-state index in [0.29, 0.717) is 32.1 Å². The molecule has 1 fully saturated rings. The van der Waals surface area contributed by atoms with E-state index in [0.717, 1.165) is 12.1 Å². The van der Waals surface area contributed by atoms with Crippen molar-refractivity contribution in [2.24, 2.45) is 5.92 Å². The molecule has 0 aromatic heterocycles. The molecule has 21 heavy (non-hydrogen) atoms. The van der Waals surface area contributed by atoms with Crippen LogP contribution in [0.2, 0.25) is 0 Å². The minimum atomic E-state index is -4.85. The van der Waals surface area contributed by atoms with E-state index >= 15 is 0 Å². The number of carbonyl (C=O) groups is 1. The Morgan fingerprint density at radius 2 is 1.95 bits per heavy atom. The van der Waals surface area contributed by atoms with Crippen molar-refractivity contribution in [2.75, 3.05) is 19.8 Å². The van der Waals surface area contributed by atoms with Crippen molar-refractivity contribution in [1.82, 2.24) is 0 Å². The first-order chi connectivity index (χ1) is 9.89. The SMILES string of the molecule is O=C(OCC1CCOCC1)c1cccc(C(F)(F)F)c1F. The summed E-state index contributed by atoms with van der Waals surface area (Å²) < 4.78 is 61.5. The lowest BCUT2D eigenvalue weighted by molar-refractivity contribution is -0.140. The Hall–Kier alpha value is -1.63. The zero-order chi connectivity index (χ0) is 15.5. The van der Waals surface area contributed by atoms with E-state index in [4.69, 9.17) is 9.47 Å². The second kappa shape index (κ2) is 6.43.